The second-order valence-electron chi connectivity index (χ2n) is 9.97. The highest BCUT2D eigenvalue weighted by molar-refractivity contribution is 5.73. The molecule has 39 heavy (non-hydrogen) atoms. The van der Waals surface area contributed by atoms with E-state index in [1.54, 1.807) is 26.2 Å². The fourth-order valence-corrected chi connectivity index (χ4v) is 4.95. The van der Waals surface area contributed by atoms with E-state index in [0.29, 0.717) is 35.0 Å². The first-order valence-corrected chi connectivity index (χ1v) is 13.6. The minimum absolute atomic E-state index is 0.0939. The van der Waals surface area contributed by atoms with Crippen LogP contribution in [0.4, 0.5) is 4.39 Å². The van der Waals surface area contributed by atoms with E-state index >= 15 is 0 Å². The predicted molar refractivity (Wildman–Crippen MR) is 148 cm³/mol. The molecular formula is C32H37FO6. The first-order valence-electron chi connectivity index (χ1n) is 13.6. The number of methoxy groups -OCH3 is 1. The topological polar surface area (TPSA) is 74.2 Å². The van der Waals surface area contributed by atoms with E-state index in [9.17, 15) is 14.3 Å². The van der Waals surface area contributed by atoms with Gasteiger partial charge in [0, 0.05) is 17.5 Å². The van der Waals surface area contributed by atoms with Gasteiger partial charge in [0.05, 0.1) is 19.6 Å². The van der Waals surface area contributed by atoms with Gasteiger partial charge in [-0.05, 0) is 72.7 Å². The molecule has 1 saturated heterocycles. The number of aliphatic carboxylic acids is 1. The van der Waals surface area contributed by atoms with Gasteiger partial charge in [0.15, 0.2) is 6.29 Å². The Hall–Kier alpha value is -3.58. The summed E-state index contributed by atoms with van der Waals surface area (Å²) in [5.74, 6) is -0.0355. The van der Waals surface area contributed by atoms with Crippen LogP contribution in [0.1, 0.15) is 63.0 Å². The highest BCUT2D eigenvalue weighted by Crippen LogP contribution is 2.37. The third kappa shape index (κ3) is 7.30. The smallest absolute Gasteiger partial charge is 0.306 e. The molecule has 1 aliphatic heterocycles. The van der Waals surface area contributed by atoms with Gasteiger partial charge < -0.3 is 24.1 Å². The zero-order valence-electron chi connectivity index (χ0n) is 22.8. The van der Waals surface area contributed by atoms with Gasteiger partial charge in [-0.2, -0.15) is 0 Å². The Bertz CT molecular complexity index is 1250. The molecule has 4 rings (SSSR count). The van der Waals surface area contributed by atoms with Crippen LogP contribution in [0.2, 0.25) is 0 Å². The molecule has 1 aliphatic rings. The number of rotatable bonds is 12. The minimum Gasteiger partial charge on any atom is -0.497 e. The van der Waals surface area contributed by atoms with Crippen LogP contribution >= 0.6 is 0 Å². The van der Waals surface area contributed by atoms with E-state index in [1.807, 2.05) is 42.5 Å². The number of halogens is 1. The molecule has 0 spiro atoms. The Morgan fingerprint density at radius 1 is 1.08 bits per heavy atom. The average Bonchev–Trinajstić information content (AvgIpc) is 2.95. The van der Waals surface area contributed by atoms with Crippen molar-refractivity contribution in [1.82, 2.24) is 0 Å². The van der Waals surface area contributed by atoms with E-state index in [4.69, 9.17) is 18.9 Å². The van der Waals surface area contributed by atoms with E-state index in [0.717, 1.165) is 43.2 Å². The van der Waals surface area contributed by atoms with Crippen molar-refractivity contribution in [2.45, 2.75) is 64.8 Å². The Balaban J connectivity index is 1.58. The summed E-state index contributed by atoms with van der Waals surface area (Å²) in [5, 5.41) is 9.57. The maximum atomic E-state index is 14.9. The van der Waals surface area contributed by atoms with Gasteiger partial charge >= 0.3 is 5.97 Å². The van der Waals surface area contributed by atoms with Crippen molar-refractivity contribution in [2.75, 3.05) is 13.7 Å². The zero-order chi connectivity index (χ0) is 27.8. The minimum atomic E-state index is -0.804. The third-order valence-corrected chi connectivity index (χ3v) is 7.19. The number of hydrogen-bond donors (Lipinski definition) is 1. The largest absolute Gasteiger partial charge is 0.497 e. The summed E-state index contributed by atoms with van der Waals surface area (Å²) in [5.41, 5.74) is 2.79. The van der Waals surface area contributed by atoms with E-state index in [2.05, 4.69) is 6.92 Å². The Morgan fingerprint density at radius 3 is 2.64 bits per heavy atom. The molecule has 0 radical (unpaired) electrons. The first-order chi connectivity index (χ1) is 18.9. The summed E-state index contributed by atoms with van der Waals surface area (Å²) >= 11 is 0. The summed E-state index contributed by atoms with van der Waals surface area (Å²) in [6, 6.07) is 17.9. The number of carbonyl (C=O) groups is 1. The lowest BCUT2D eigenvalue weighted by Gasteiger charge is -2.25. The first kappa shape index (κ1) is 28.4. The second-order valence-corrected chi connectivity index (χ2v) is 9.97. The van der Waals surface area contributed by atoms with Gasteiger partial charge in [-0.15, -0.1) is 0 Å². The molecule has 0 aromatic heterocycles. The summed E-state index contributed by atoms with van der Waals surface area (Å²) in [4.78, 5) is 11.7. The summed E-state index contributed by atoms with van der Waals surface area (Å²) in [6.45, 7) is 4.70. The van der Waals surface area contributed by atoms with Crippen LogP contribution in [0, 0.1) is 11.7 Å². The molecule has 3 aromatic rings. The number of carboxylic acid groups (broad SMARTS) is 1. The fourth-order valence-electron chi connectivity index (χ4n) is 4.95. The van der Waals surface area contributed by atoms with Gasteiger partial charge in [-0.3, -0.25) is 4.79 Å². The SMILES string of the molecule is CCC[C@@H](c1cccc(OCc2ccc(-c3cc(OC)ccc3F)c(OC3CCCCO3)c2)c1)C(C)C(=O)O. The van der Waals surface area contributed by atoms with Gasteiger partial charge in [-0.25, -0.2) is 4.39 Å². The summed E-state index contributed by atoms with van der Waals surface area (Å²) in [6.07, 6.45) is 4.04. The molecule has 0 bridgehead atoms. The maximum absolute atomic E-state index is 14.9. The van der Waals surface area contributed by atoms with Crippen molar-refractivity contribution in [2.24, 2.45) is 5.92 Å². The van der Waals surface area contributed by atoms with Crippen LogP contribution in [-0.2, 0) is 16.1 Å². The highest BCUT2D eigenvalue weighted by Gasteiger charge is 2.25. The monoisotopic (exact) mass is 536 g/mol. The molecule has 208 valence electrons. The van der Waals surface area contributed by atoms with Crippen molar-refractivity contribution in [3.63, 3.8) is 0 Å². The molecule has 1 N–H and O–H groups in total. The standard InChI is InChI=1S/C32H37FO6/c1-4-8-26(21(2)32(34)35)23-9-7-10-25(18-23)38-20-22-12-14-27(28-19-24(36-3)13-15-29(28)33)30(17-22)39-31-11-5-6-16-37-31/h7,9-10,12-15,17-19,21,26,31H,4-6,8,11,16,20H2,1-3H3,(H,34,35)/t21?,26-,31?/m1/s1. The zero-order valence-corrected chi connectivity index (χ0v) is 22.8. The molecule has 0 amide bonds. The molecule has 7 heteroatoms. The predicted octanol–water partition coefficient (Wildman–Crippen LogP) is 7.59. The van der Waals surface area contributed by atoms with Crippen molar-refractivity contribution < 1.29 is 33.2 Å². The Kier molecular flexibility index (Phi) is 9.82. The molecular weight excluding hydrogens is 499 g/mol. The molecule has 3 aromatic carbocycles. The van der Waals surface area contributed by atoms with Crippen LogP contribution in [0.3, 0.4) is 0 Å². The number of carboxylic acids is 1. The van der Waals surface area contributed by atoms with Crippen molar-refractivity contribution in [3.8, 4) is 28.4 Å². The van der Waals surface area contributed by atoms with Gasteiger partial charge in [-0.1, -0.05) is 44.5 Å². The maximum Gasteiger partial charge on any atom is 0.306 e. The van der Waals surface area contributed by atoms with Gasteiger partial charge in [0.25, 0.3) is 0 Å². The lowest BCUT2D eigenvalue weighted by atomic mass is 9.84. The highest BCUT2D eigenvalue weighted by atomic mass is 19.1. The van der Waals surface area contributed by atoms with E-state index < -0.39 is 18.2 Å². The molecule has 1 heterocycles. The van der Waals surface area contributed by atoms with Crippen LogP contribution in [0.25, 0.3) is 11.1 Å². The van der Waals surface area contributed by atoms with Crippen LogP contribution in [-0.4, -0.2) is 31.1 Å². The quantitative estimate of drug-likeness (QED) is 0.257. The van der Waals surface area contributed by atoms with E-state index in [-0.39, 0.29) is 18.3 Å². The Morgan fingerprint density at radius 2 is 1.92 bits per heavy atom. The number of benzene rings is 3. The fraction of sp³-hybridized carbons (Fsp3) is 0.406. The summed E-state index contributed by atoms with van der Waals surface area (Å²) in [7, 11) is 1.55. The van der Waals surface area contributed by atoms with Crippen molar-refractivity contribution in [3.05, 3.63) is 77.6 Å². The number of ether oxygens (including phenoxy) is 4. The van der Waals surface area contributed by atoms with Crippen molar-refractivity contribution in [1.29, 1.82) is 0 Å². The van der Waals surface area contributed by atoms with Crippen LogP contribution in [0.5, 0.6) is 17.2 Å². The van der Waals surface area contributed by atoms with E-state index in [1.165, 1.54) is 6.07 Å². The lowest BCUT2D eigenvalue weighted by molar-refractivity contribution is -0.142. The normalized spacial score (nSPS) is 16.8. The number of hydrogen-bond acceptors (Lipinski definition) is 5. The van der Waals surface area contributed by atoms with Crippen LogP contribution < -0.4 is 14.2 Å². The summed E-state index contributed by atoms with van der Waals surface area (Å²) < 4.78 is 38.4. The molecule has 2 unspecified atom stereocenters. The van der Waals surface area contributed by atoms with Gasteiger partial charge in [0.2, 0.25) is 0 Å². The lowest BCUT2D eigenvalue weighted by Crippen LogP contribution is -2.25. The molecule has 6 nitrogen and oxygen atoms in total. The van der Waals surface area contributed by atoms with Crippen molar-refractivity contribution >= 4 is 5.97 Å². The van der Waals surface area contributed by atoms with Gasteiger partial charge in [0.1, 0.15) is 29.7 Å². The Labute approximate surface area is 229 Å². The molecule has 0 saturated carbocycles. The second kappa shape index (κ2) is 13.5. The molecule has 0 aliphatic carbocycles. The third-order valence-electron chi connectivity index (χ3n) is 7.19. The molecule has 3 atom stereocenters. The van der Waals surface area contributed by atoms with Crippen LogP contribution in [0.15, 0.2) is 60.7 Å². The molecule has 1 fully saturated rings. The average molecular weight is 537 g/mol.